The zero-order valence-corrected chi connectivity index (χ0v) is 28.4. The molecule has 23 heteroatoms. The number of amides is 4. The van der Waals surface area contributed by atoms with E-state index in [9.17, 15) is 29.1 Å². The monoisotopic (exact) mass is 755 g/mol. The van der Waals surface area contributed by atoms with Crippen molar-refractivity contribution < 1.29 is 44.3 Å². The van der Waals surface area contributed by atoms with Crippen LogP contribution in [0.2, 0.25) is 0 Å². The van der Waals surface area contributed by atoms with Gasteiger partial charge in [-0.1, -0.05) is 17.3 Å². The maximum Gasteiger partial charge on any atom is 0.352 e. The van der Waals surface area contributed by atoms with Gasteiger partial charge in [0.2, 0.25) is 5.82 Å². The third-order valence-electron chi connectivity index (χ3n) is 7.33. The zero-order valence-electron chi connectivity index (χ0n) is 26.0. The Kier molecular flexibility index (Phi) is 10.1. The van der Waals surface area contributed by atoms with Crippen molar-refractivity contribution in [3.05, 3.63) is 75.3 Å². The Bertz CT molecular complexity index is 2130. The van der Waals surface area contributed by atoms with Crippen molar-refractivity contribution in [2.24, 2.45) is 5.16 Å². The molecule has 6 rings (SSSR count). The predicted molar refractivity (Wildman–Crippen MR) is 179 cm³/mol. The molecule has 0 spiro atoms. The minimum atomic E-state index is -1.33. The molecule has 0 bridgehead atoms. The first-order valence-corrected chi connectivity index (χ1v) is 17.4. The molecule has 3 aromatic heterocycles. The number of rotatable bonds is 12. The smallest absolute Gasteiger partial charge is 0.352 e. The van der Waals surface area contributed by atoms with Gasteiger partial charge in [0.1, 0.15) is 34.4 Å². The van der Waals surface area contributed by atoms with Gasteiger partial charge in [0.05, 0.1) is 0 Å². The number of hydrogen-bond acceptors (Lipinski definition) is 17. The molecule has 4 amide bonds. The number of nitrogens with zero attached hydrogens (tertiary/aromatic N) is 7. The number of carbonyl (C=O) groups excluding carboxylic acids is 4. The van der Waals surface area contributed by atoms with Gasteiger partial charge in [-0.25, -0.2) is 25.7 Å². The number of nitrogens with one attached hydrogen (secondary N) is 3. The summed E-state index contributed by atoms with van der Waals surface area (Å²) in [7, 11) is 0. The van der Waals surface area contributed by atoms with E-state index in [1.54, 1.807) is 25.1 Å². The van der Waals surface area contributed by atoms with Crippen LogP contribution in [0.3, 0.4) is 0 Å². The van der Waals surface area contributed by atoms with Crippen LogP contribution in [-0.4, -0.2) is 103 Å². The molecule has 1 saturated heterocycles. The summed E-state index contributed by atoms with van der Waals surface area (Å²) in [6, 6.07) is 6.60. The number of aliphatic carboxylic acids is 1. The highest BCUT2D eigenvalue weighted by molar-refractivity contribution is 8.01. The highest BCUT2D eigenvalue weighted by Gasteiger charge is 2.54. The number of aromatic nitrogens is 5. The molecular weight excluding hydrogens is 731 g/mol. The summed E-state index contributed by atoms with van der Waals surface area (Å²) >= 11 is 3.50. The van der Waals surface area contributed by atoms with Crippen LogP contribution >= 0.6 is 34.9 Å². The number of anilines is 1. The fraction of sp³-hybridized carbons (Fsp3) is 0.214. The van der Waals surface area contributed by atoms with E-state index in [0.717, 1.165) is 16.2 Å². The van der Waals surface area contributed by atoms with Gasteiger partial charge in [-0.2, -0.15) is 9.50 Å². The molecule has 1 aromatic carbocycles. The minimum Gasteiger partial charge on any atom is -0.477 e. The minimum absolute atomic E-state index is 0.0901. The summed E-state index contributed by atoms with van der Waals surface area (Å²) in [4.78, 5) is 81.6. The van der Waals surface area contributed by atoms with Crippen molar-refractivity contribution >= 4 is 81.1 Å². The number of thioether (sulfide) groups is 2. The van der Waals surface area contributed by atoms with Gasteiger partial charge in [0, 0.05) is 28.1 Å². The van der Waals surface area contributed by atoms with Crippen LogP contribution in [0.15, 0.2) is 57.2 Å². The normalized spacial score (nSPS) is 17.1. The number of thiazole rings is 1. The number of benzene rings is 1. The van der Waals surface area contributed by atoms with Gasteiger partial charge < -0.3 is 21.0 Å². The molecule has 1 fully saturated rings. The standard InChI is InChI=1S/C28H25N11O9S3/c1-11-6-16(39-28(30-11)33-20(34-39)23(42)36-47)49-8-14-9-50-25-18(24(43)38(25)19(14)26(44)45)32-22(41)17(15-10-51-27(29)31-15)37-48-7-12-2-4-13(5-3-12)21(40)35-46/h2-6,10,18,25,46-47H,7-9H2,1H3,(H2,29,31)(H,32,41)(H,35,40)(H,36,42)(H,44,45)/b37-17-/t18-,25-/m1/s1. The summed E-state index contributed by atoms with van der Waals surface area (Å²) < 4.78 is 1.29. The largest absolute Gasteiger partial charge is 0.477 e. The molecule has 0 unspecified atom stereocenters. The van der Waals surface area contributed by atoms with Crippen LogP contribution in [0.5, 0.6) is 0 Å². The number of hydroxylamine groups is 2. The van der Waals surface area contributed by atoms with E-state index in [-0.39, 0.29) is 57.5 Å². The average molecular weight is 756 g/mol. The van der Waals surface area contributed by atoms with E-state index < -0.39 is 41.0 Å². The predicted octanol–water partition coefficient (Wildman–Crippen LogP) is 0.161. The first kappa shape index (κ1) is 35.2. The van der Waals surface area contributed by atoms with E-state index >= 15 is 0 Å². The zero-order chi connectivity index (χ0) is 36.4. The number of hydrogen-bond donors (Lipinski definition) is 7. The van der Waals surface area contributed by atoms with E-state index in [4.69, 9.17) is 21.0 Å². The number of aryl methyl sites for hydroxylation is 1. The van der Waals surface area contributed by atoms with Crippen LogP contribution in [-0.2, 0) is 25.8 Å². The number of fused-ring (bicyclic) bond motifs is 2. The lowest BCUT2D eigenvalue weighted by Gasteiger charge is -2.49. The van der Waals surface area contributed by atoms with E-state index in [0.29, 0.717) is 21.9 Å². The number of oxime groups is 1. The summed E-state index contributed by atoms with van der Waals surface area (Å²) in [6.07, 6.45) is 0. The molecule has 0 saturated carbocycles. The van der Waals surface area contributed by atoms with Crippen LogP contribution < -0.4 is 22.0 Å². The molecule has 264 valence electrons. The second-order valence-electron chi connectivity index (χ2n) is 10.7. The van der Waals surface area contributed by atoms with Gasteiger partial charge in [-0.3, -0.25) is 34.5 Å². The molecule has 0 aliphatic carbocycles. The third kappa shape index (κ3) is 7.18. The summed E-state index contributed by atoms with van der Waals surface area (Å²) in [5, 5.41) is 39.9. The molecule has 2 atom stereocenters. The lowest BCUT2D eigenvalue weighted by Crippen LogP contribution is -2.71. The number of carbonyl (C=O) groups is 5. The summed E-state index contributed by atoms with van der Waals surface area (Å²) in [6.45, 7) is 1.59. The Morgan fingerprint density at radius 1 is 1.12 bits per heavy atom. The molecule has 5 heterocycles. The molecule has 20 nitrogen and oxygen atoms in total. The molecule has 2 aliphatic rings. The molecule has 4 aromatic rings. The third-order valence-corrected chi connectivity index (χ3v) is 10.4. The van der Waals surface area contributed by atoms with Gasteiger partial charge in [0.15, 0.2) is 10.8 Å². The van der Waals surface area contributed by atoms with Gasteiger partial charge in [-0.05, 0) is 36.3 Å². The van der Waals surface area contributed by atoms with Crippen LogP contribution in [0, 0.1) is 6.92 Å². The van der Waals surface area contributed by atoms with Gasteiger partial charge in [-0.15, -0.1) is 40.0 Å². The highest BCUT2D eigenvalue weighted by Crippen LogP contribution is 2.41. The lowest BCUT2D eigenvalue weighted by atomic mass is 10.0. The Morgan fingerprint density at radius 2 is 1.86 bits per heavy atom. The Hall–Kier alpha value is -5.62. The quantitative estimate of drug-likeness (QED) is 0.0253. The SMILES string of the molecule is Cc1cc(SCC2=C(C(=O)O)N3C(=O)[C@@H](NC(=O)/C(=N\OCc4ccc(C(=O)NO)cc4)c4csc(N)n4)[C@H]3SC2)n2nc(C(=O)NO)nc2n1. The van der Waals surface area contributed by atoms with Crippen molar-refractivity contribution in [3.63, 3.8) is 0 Å². The second kappa shape index (κ2) is 14.7. The second-order valence-corrected chi connectivity index (χ2v) is 13.6. The fourth-order valence-electron chi connectivity index (χ4n) is 4.96. The fourth-order valence-corrected chi connectivity index (χ4v) is 8.04. The average Bonchev–Trinajstić information content (AvgIpc) is 3.76. The lowest BCUT2D eigenvalue weighted by molar-refractivity contribution is -0.150. The van der Waals surface area contributed by atoms with Gasteiger partial charge >= 0.3 is 11.9 Å². The first-order valence-electron chi connectivity index (χ1n) is 14.5. The van der Waals surface area contributed by atoms with Crippen LogP contribution in [0.4, 0.5) is 5.13 Å². The van der Waals surface area contributed by atoms with E-state index in [1.807, 2.05) is 0 Å². The number of nitrogen functional groups attached to an aromatic ring is 1. The van der Waals surface area contributed by atoms with Crippen molar-refractivity contribution in [2.45, 2.75) is 30.0 Å². The van der Waals surface area contributed by atoms with Crippen molar-refractivity contribution in [1.82, 2.24) is 45.7 Å². The number of carboxylic acids is 1. The van der Waals surface area contributed by atoms with E-state index in [2.05, 4.69) is 30.5 Å². The Morgan fingerprint density at radius 3 is 2.53 bits per heavy atom. The van der Waals surface area contributed by atoms with Crippen molar-refractivity contribution in [1.29, 1.82) is 0 Å². The Balaban J connectivity index is 1.16. The van der Waals surface area contributed by atoms with E-state index in [1.165, 1.54) is 56.5 Å². The number of carboxylic acid groups (broad SMARTS) is 1. The molecule has 0 radical (unpaired) electrons. The summed E-state index contributed by atoms with van der Waals surface area (Å²) in [5.41, 5.74) is 10.1. The maximum atomic E-state index is 13.5. The van der Waals surface area contributed by atoms with Crippen molar-refractivity contribution in [2.75, 3.05) is 17.2 Å². The highest BCUT2D eigenvalue weighted by atomic mass is 32.2. The first-order chi connectivity index (χ1) is 24.5. The van der Waals surface area contributed by atoms with Crippen LogP contribution in [0.25, 0.3) is 5.78 Å². The molecule has 8 N–H and O–H groups in total. The number of β-lactam (4-membered cyclic amide) rings is 1. The molecule has 2 aliphatic heterocycles. The molecular formula is C28H25N11O9S3. The molecule has 51 heavy (non-hydrogen) atoms. The van der Waals surface area contributed by atoms with Gasteiger partial charge in [0.25, 0.3) is 23.5 Å². The summed E-state index contributed by atoms with van der Waals surface area (Å²) in [5.74, 6) is -4.30. The van der Waals surface area contributed by atoms with Crippen LogP contribution in [0.1, 0.15) is 37.9 Å². The topological polar surface area (TPSA) is 289 Å². The Labute approximate surface area is 298 Å². The van der Waals surface area contributed by atoms with Crippen molar-refractivity contribution in [3.8, 4) is 0 Å². The maximum absolute atomic E-state index is 13.5. The number of nitrogens with two attached hydrogens (primary N) is 1.